The van der Waals surface area contributed by atoms with Crippen LogP contribution < -0.4 is 5.32 Å². The molecule has 130 valence electrons. The molecule has 7 heteroatoms. The van der Waals surface area contributed by atoms with Gasteiger partial charge in [-0.25, -0.2) is 4.98 Å². The van der Waals surface area contributed by atoms with Crippen molar-refractivity contribution in [3.05, 3.63) is 64.3 Å². The monoisotopic (exact) mass is 340 g/mol. The van der Waals surface area contributed by atoms with E-state index in [1.54, 1.807) is 6.07 Å². The third-order valence-electron chi connectivity index (χ3n) is 4.34. The summed E-state index contributed by atoms with van der Waals surface area (Å²) in [5, 5.41) is 13.8. The summed E-state index contributed by atoms with van der Waals surface area (Å²) in [6.45, 7) is 2.08. The zero-order valence-electron chi connectivity index (χ0n) is 13.8. The number of likely N-dealkylation sites (tertiary alicyclic amines) is 1. The van der Waals surface area contributed by atoms with Crippen molar-refractivity contribution in [1.82, 2.24) is 9.88 Å². The molecule has 1 aromatic heterocycles. The summed E-state index contributed by atoms with van der Waals surface area (Å²) in [7, 11) is 0. The molecule has 1 aliphatic rings. The van der Waals surface area contributed by atoms with E-state index < -0.39 is 4.92 Å². The molecule has 0 saturated carbocycles. The topological polar surface area (TPSA) is 88.4 Å². The van der Waals surface area contributed by atoms with Crippen LogP contribution in [0.1, 0.15) is 12.0 Å². The second kappa shape index (κ2) is 7.74. The largest absolute Gasteiger partial charge is 0.370 e. The van der Waals surface area contributed by atoms with Gasteiger partial charge in [0, 0.05) is 38.0 Å². The molecular weight excluding hydrogens is 320 g/mol. The number of pyridine rings is 1. The summed E-state index contributed by atoms with van der Waals surface area (Å²) in [5.74, 6) is 0.987. The van der Waals surface area contributed by atoms with Gasteiger partial charge in [0.1, 0.15) is 12.0 Å². The first-order valence-electron chi connectivity index (χ1n) is 8.28. The molecule has 1 unspecified atom stereocenters. The summed E-state index contributed by atoms with van der Waals surface area (Å²) < 4.78 is 0. The fourth-order valence-electron chi connectivity index (χ4n) is 2.96. The quantitative estimate of drug-likeness (QED) is 0.618. The fraction of sp³-hybridized carbons (Fsp3) is 0.333. The van der Waals surface area contributed by atoms with Crippen molar-refractivity contribution in [2.45, 2.75) is 12.8 Å². The smallest absolute Gasteiger partial charge is 0.287 e. The number of benzene rings is 1. The second-order valence-corrected chi connectivity index (χ2v) is 6.19. The number of anilines is 1. The van der Waals surface area contributed by atoms with Gasteiger partial charge in [-0.15, -0.1) is 0 Å². The van der Waals surface area contributed by atoms with Crippen molar-refractivity contribution in [1.29, 1.82) is 0 Å². The molecule has 1 saturated heterocycles. The molecule has 1 aliphatic heterocycles. The molecule has 0 aliphatic carbocycles. The summed E-state index contributed by atoms with van der Waals surface area (Å²) in [6, 6.07) is 13.1. The van der Waals surface area contributed by atoms with Crippen LogP contribution in [0.4, 0.5) is 11.5 Å². The molecule has 7 nitrogen and oxygen atoms in total. The molecule has 1 fully saturated rings. The van der Waals surface area contributed by atoms with Gasteiger partial charge in [-0.1, -0.05) is 30.3 Å². The van der Waals surface area contributed by atoms with Gasteiger partial charge in [-0.3, -0.25) is 14.9 Å². The first-order chi connectivity index (χ1) is 12.1. The van der Waals surface area contributed by atoms with E-state index in [2.05, 4.69) is 22.4 Å². The number of amides is 1. The number of hydrogen-bond acceptors (Lipinski definition) is 5. The Balaban J connectivity index is 1.46. The predicted molar refractivity (Wildman–Crippen MR) is 94.2 cm³/mol. The van der Waals surface area contributed by atoms with Gasteiger partial charge in [0.2, 0.25) is 5.91 Å². The molecule has 2 aromatic rings. The molecule has 1 atom stereocenters. The van der Waals surface area contributed by atoms with Gasteiger partial charge in [-0.05, 0) is 18.1 Å². The minimum atomic E-state index is -0.475. The van der Waals surface area contributed by atoms with Crippen LogP contribution in [0.25, 0.3) is 0 Å². The second-order valence-electron chi connectivity index (χ2n) is 6.19. The Bertz CT molecular complexity index is 734. The molecule has 1 aromatic carbocycles. The van der Waals surface area contributed by atoms with E-state index in [-0.39, 0.29) is 17.5 Å². The van der Waals surface area contributed by atoms with Crippen LogP contribution in [0, 0.1) is 16.0 Å². The molecule has 1 N–H and O–H groups in total. The predicted octanol–water partition coefficient (Wildman–Crippen LogP) is 2.49. The Morgan fingerprint density at radius 2 is 2.04 bits per heavy atom. The molecule has 2 heterocycles. The summed E-state index contributed by atoms with van der Waals surface area (Å²) in [4.78, 5) is 28.2. The Morgan fingerprint density at radius 3 is 2.72 bits per heavy atom. The number of carbonyl (C=O) groups is 1. The van der Waals surface area contributed by atoms with Crippen LogP contribution in [-0.4, -0.2) is 40.3 Å². The van der Waals surface area contributed by atoms with E-state index in [0.717, 1.165) is 19.5 Å². The van der Waals surface area contributed by atoms with E-state index in [1.807, 2.05) is 23.1 Å². The first kappa shape index (κ1) is 16.9. The van der Waals surface area contributed by atoms with E-state index >= 15 is 0 Å². The van der Waals surface area contributed by atoms with Crippen LogP contribution in [0.5, 0.6) is 0 Å². The van der Waals surface area contributed by atoms with Gasteiger partial charge in [-0.2, -0.15) is 0 Å². The fourth-order valence-corrected chi connectivity index (χ4v) is 2.96. The van der Waals surface area contributed by atoms with Crippen LogP contribution in [-0.2, 0) is 11.2 Å². The molecule has 1 amide bonds. The van der Waals surface area contributed by atoms with Crippen LogP contribution in [0.15, 0.2) is 48.7 Å². The maximum atomic E-state index is 12.1. The number of nitro groups is 1. The summed E-state index contributed by atoms with van der Waals surface area (Å²) in [5.41, 5.74) is 1.20. The minimum Gasteiger partial charge on any atom is -0.370 e. The lowest BCUT2D eigenvalue weighted by Crippen LogP contribution is -2.28. The summed E-state index contributed by atoms with van der Waals surface area (Å²) >= 11 is 0. The van der Waals surface area contributed by atoms with E-state index in [0.29, 0.717) is 18.8 Å². The van der Waals surface area contributed by atoms with Crippen molar-refractivity contribution in [2.24, 2.45) is 5.92 Å². The van der Waals surface area contributed by atoms with Gasteiger partial charge in [0.15, 0.2) is 0 Å². The van der Waals surface area contributed by atoms with Crippen molar-refractivity contribution >= 4 is 17.4 Å². The van der Waals surface area contributed by atoms with Crippen molar-refractivity contribution < 1.29 is 9.72 Å². The minimum absolute atomic E-state index is 0.0336. The van der Waals surface area contributed by atoms with E-state index in [9.17, 15) is 14.9 Å². The van der Waals surface area contributed by atoms with Crippen molar-refractivity contribution in [2.75, 3.05) is 25.0 Å². The number of carbonyl (C=O) groups excluding carboxylic acids is 1. The maximum Gasteiger partial charge on any atom is 0.287 e. The maximum absolute atomic E-state index is 12.1. The summed E-state index contributed by atoms with van der Waals surface area (Å²) in [6.07, 6.45) is 2.61. The van der Waals surface area contributed by atoms with Gasteiger partial charge >= 0.3 is 0 Å². The highest BCUT2D eigenvalue weighted by Gasteiger charge is 2.28. The number of aromatic nitrogens is 1. The average molecular weight is 340 g/mol. The first-order valence-corrected chi connectivity index (χ1v) is 8.28. The van der Waals surface area contributed by atoms with Crippen LogP contribution in [0.3, 0.4) is 0 Å². The molecule has 0 radical (unpaired) electrons. The Hall–Kier alpha value is -2.96. The number of nitrogens with one attached hydrogen (secondary N) is 1. The van der Waals surface area contributed by atoms with E-state index in [4.69, 9.17) is 0 Å². The molecule has 0 spiro atoms. The Labute approximate surface area is 145 Å². The number of rotatable bonds is 7. The highest BCUT2D eigenvalue weighted by atomic mass is 16.6. The lowest BCUT2D eigenvalue weighted by atomic mass is 10.1. The van der Waals surface area contributed by atoms with Gasteiger partial charge in [0.05, 0.1) is 4.92 Å². The standard InChI is InChI=1S/C18H20N4O3/c23-18-10-15(11-19-17-7-6-16(12-20-17)22(24)25)13-21(18)9-8-14-4-2-1-3-5-14/h1-7,12,15H,8-11,13H2,(H,19,20). The SMILES string of the molecule is O=C1CC(CNc2ccc([N+](=O)[O-])cn2)CN1CCc1ccccc1. The zero-order valence-corrected chi connectivity index (χ0v) is 13.8. The third-order valence-corrected chi connectivity index (χ3v) is 4.34. The Morgan fingerprint density at radius 1 is 1.24 bits per heavy atom. The van der Waals surface area contributed by atoms with Crippen LogP contribution >= 0.6 is 0 Å². The molecule has 25 heavy (non-hydrogen) atoms. The van der Waals surface area contributed by atoms with Crippen LogP contribution in [0.2, 0.25) is 0 Å². The Kier molecular flexibility index (Phi) is 5.23. The highest BCUT2D eigenvalue weighted by Crippen LogP contribution is 2.19. The molecule has 0 bridgehead atoms. The number of nitrogens with zero attached hydrogens (tertiary/aromatic N) is 3. The van der Waals surface area contributed by atoms with Gasteiger partial charge < -0.3 is 10.2 Å². The van der Waals surface area contributed by atoms with E-state index in [1.165, 1.54) is 17.8 Å². The number of hydrogen-bond donors (Lipinski definition) is 1. The lowest BCUT2D eigenvalue weighted by molar-refractivity contribution is -0.385. The highest BCUT2D eigenvalue weighted by molar-refractivity contribution is 5.78. The van der Waals surface area contributed by atoms with Crippen molar-refractivity contribution in [3.63, 3.8) is 0 Å². The zero-order chi connectivity index (χ0) is 17.6. The van der Waals surface area contributed by atoms with Gasteiger partial charge in [0.25, 0.3) is 5.69 Å². The lowest BCUT2D eigenvalue weighted by Gasteiger charge is -2.17. The third kappa shape index (κ3) is 4.53. The molecule has 3 rings (SSSR count). The normalized spacial score (nSPS) is 16.9. The van der Waals surface area contributed by atoms with Crippen molar-refractivity contribution in [3.8, 4) is 0 Å². The average Bonchev–Trinajstić information content (AvgIpc) is 2.99. The molecular formula is C18H20N4O3.